The molecule has 0 aliphatic heterocycles. The average Bonchev–Trinajstić information content (AvgIpc) is 2.40. The minimum absolute atomic E-state index is 0.206. The molecule has 0 amide bonds. The van der Waals surface area contributed by atoms with Crippen molar-refractivity contribution in [3.05, 3.63) is 63.6 Å². The molecule has 5 heteroatoms. The van der Waals surface area contributed by atoms with Crippen molar-refractivity contribution in [2.45, 2.75) is 6.10 Å². The maximum atomic E-state index is 13.4. The van der Waals surface area contributed by atoms with Gasteiger partial charge in [-0.05, 0) is 39.7 Å². The molecule has 1 N–H and O–H groups in total. The molecule has 19 heavy (non-hydrogen) atoms. The Hall–Kier alpha value is -1.46. The van der Waals surface area contributed by atoms with Gasteiger partial charge in [-0.3, -0.25) is 0 Å². The van der Waals surface area contributed by atoms with Gasteiger partial charge in [0.15, 0.2) is 0 Å². The van der Waals surface area contributed by atoms with E-state index in [9.17, 15) is 13.9 Å². The van der Waals surface area contributed by atoms with Crippen LogP contribution in [0.3, 0.4) is 0 Å². The SMILES string of the molecule is COc1cc(F)c(Br)cc1C(O)c1cccc(F)c1. The van der Waals surface area contributed by atoms with E-state index in [-0.39, 0.29) is 10.2 Å². The first kappa shape index (κ1) is 14.0. The third-order valence-corrected chi connectivity index (χ3v) is 3.34. The van der Waals surface area contributed by atoms with E-state index in [1.54, 1.807) is 6.07 Å². The highest BCUT2D eigenvalue weighted by Crippen LogP contribution is 2.34. The highest BCUT2D eigenvalue weighted by molar-refractivity contribution is 9.10. The van der Waals surface area contributed by atoms with Gasteiger partial charge in [0, 0.05) is 11.6 Å². The van der Waals surface area contributed by atoms with Crippen molar-refractivity contribution in [3.63, 3.8) is 0 Å². The van der Waals surface area contributed by atoms with E-state index in [0.717, 1.165) is 0 Å². The number of halogens is 3. The summed E-state index contributed by atoms with van der Waals surface area (Å²) >= 11 is 3.05. The third kappa shape index (κ3) is 2.93. The molecule has 0 aromatic heterocycles. The topological polar surface area (TPSA) is 29.5 Å². The first-order chi connectivity index (χ1) is 9.02. The second-order valence-electron chi connectivity index (χ2n) is 3.97. The Morgan fingerprint density at radius 2 is 1.95 bits per heavy atom. The molecular weight excluding hydrogens is 318 g/mol. The summed E-state index contributed by atoms with van der Waals surface area (Å²) in [6.07, 6.45) is -1.09. The largest absolute Gasteiger partial charge is 0.496 e. The number of rotatable bonds is 3. The predicted molar refractivity (Wildman–Crippen MR) is 71.1 cm³/mol. The zero-order valence-corrected chi connectivity index (χ0v) is 11.6. The second kappa shape index (κ2) is 5.67. The number of aliphatic hydroxyl groups excluding tert-OH is 1. The first-order valence-corrected chi connectivity index (χ1v) is 6.28. The normalized spacial score (nSPS) is 12.3. The Labute approximate surface area is 117 Å². The Morgan fingerprint density at radius 1 is 1.21 bits per heavy atom. The van der Waals surface area contributed by atoms with Gasteiger partial charge in [0.2, 0.25) is 0 Å². The lowest BCUT2D eigenvalue weighted by Crippen LogP contribution is -2.03. The lowest BCUT2D eigenvalue weighted by Gasteiger charge is -2.16. The van der Waals surface area contributed by atoms with Crippen LogP contribution in [-0.2, 0) is 0 Å². The summed E-state index contributed by atoms with van der Waals surface area (Å²) in [4.78, 5) is 0. The van der Waals surface area contributed by atoms with Gasteiger partial charge in [0.1, 0.15) is 23.5 Å². The van der Waals surface area contributed by atoms with Gasteiger partial charge in [-0.2, -0.15) is 0 Å². The molecule has 2 rings (SSSR count). The fraction of sp³-hybridized carbons (Fsp3) is 0.143. The number of hydrogen-bond donors (Lipinski definition) is 1. The second-order valence-corrected chi connectivity index (χ2v) is 4.82. The lowest BCUT2D eigenvalue weighted by molar-refractivity contribution is 0.214. The van der Waals surface area contributed by atoms with Gasteiger partial charge in [-0.1, -0.05) is 12.1 Å². The molecule has 0 heterocycles. The first-order valence-electron chi connectivity index (χ1n) is 5.49. The fourth-order valence-corrected chi connectivity index (χ4v) is 2.15. The van der Waals surface area contributed by atoms with E-state index in [1.807, 2.05) is 0 Å². The summed E-state index contributed by atoms with van der Waals surface area (Å²) in [7, 11) is 1.38. The molecule has 0 spiro atoms. The lowest BCUT2D eigenvalue weighted by atomic mass is 10.0. The Bertz CT molecular complexity index is 602. The van der Waals surface area contributed by atoms with Crippen LogP contribution in [0, 0.1) is 11.6 Å². The van der Waals surface area contributed by atoms with Crippen molar-refractivity contribution >= 4 is 15.9 Å². The third-order valence-electron chi connectivity index (χ3n) is 2.73. The summed E-state index contributed by atoms with van der Waals surface area (Å²) in [6, 6.07) is 8.18. The number of ether oxygens (including phenoxy) is 1. The summed E-state index contributed by atoms with van der Waals surface area (Å²) < 4.78 is 31.8. The maximum absolute atomic E-state index is 13.4. The van der Waals surface area contributed by atoms with E-state index < -0.39 is 17.7 Å². The van der Waals surface area contributed by atoms with Crippen LogP contribution < -0.4 is 4.74 Å². The monoisotopic (exact) mass is 328 g/mol. The molecular formula is C14H11BrF2O2. The number of methoxy groups -OCH3 is 1. The zero-order valence-electron chi connectivity index (χ0n) is 10.0. The highest BCUT2D eigenvalue weighted by atomic mass is 79.9. The standard InChI is InChI=1S/C14H11BrF2O2/c1-19-13-7-12(17)11(15)6-10(13)14(18)8-3-2-4-9(16)5-8/h2-7,14,18H,1H3. The number of aliphatic hydroxyl groups is 1. The molecule has 100 valence electrons. The number of hydrogen-bond acceptors (Lipinski definition) is 2. The van der Waals surface area contributed by atoms with Crippen LogP contribution in [0.5, 0.6) is 5.75 Å². The van der Waals surface area contributed by atoms with Crippen LogP contribution in [-0.4, -0.2) is 12.2 Å². The van der Waals surface area contributed by atoms with Crippen LogP contribution >= 0.6 is 15.9 Å². The summed E-state index contributed by atoms with van der Waals surface area (Å²) in [5.41, 5.74) is 0.734. The van der Waals surface area contributed by atoms with Crippen molar-refractivity contribution in [2.75, 3.05) is 7.11 Å². The molecule has 0 radical (unpaired) electrons. The number of benzene rings is 2. The molecule has 0 saturated carbocycles. The summed E-state index contributed by atoms with van der Waals surface area (Å²) in [5, 5.41) is 10.3. The van der Waals surface area contributed by atoms with Gasteiger partial charge >= 0.3 is 0 Å². The van der Waals surface area contributed by atoms with Crippen molar-refractivity contribution in [1.82, 2.24) is 0 Å². The van der Waals surface area contributed by atoms with Crippen LogP contribution in [0.1, 0.15) is 17.2 Å². The average molecular weight is 329 g/mol. The van der Waals surface area contributed by atoms with E-state index in [2.05, 4.69) is 15.9 Å². The van der Waals surface area contributed by atoms with Crippen LogP contribution in [0.15, 0.2) is 40.9 Å². The molecule has 0 fully saturated rings. The van der Waals surface area contributed by atoms with Gasteiger partial charge < -0.3 is 9.84 Å². The van der Waals surface area contributed by atoms with Gasteiger partial charge in [0.25, 0.3) is 0 Å². The predicted octanol–water partition coefficient (Wildman–Crippen LogP) is 3.82. The Kier molecular flexibility index (Phi) is 4.17. The van der Waals surface area contributed by atoms with Gasteiger partial charge in [-0.25, -0.2) is 8.78 Å². The Balaban J connectivity index is 2.49. The molecule has 2 aromatic carbocycles. The van der Waals surface area contributed by atoms with Crippen LogP contribution in [0.25, 0.3) is 0 Å². The minimum Gasteiger partial charge on any atom is -0.496 e. The summed E-state index contributed by atoms with van der Waals surface area (Å²) in [5.74, 6) is -0.735. The molecule has 0 aliphatic rings. The fourth-order valence-electron chi connectivity index (χ4n) is 1.79. The molecule has 2 aromatic rings. The van der Waals surface area contributed by atoms with Crippen molar-refractivity contribution in [2.24, 2.45) is 0 Å². The molecule has 1 atom stereocenters. The molecule has 1 unspecified atom stereocenters. The van der Waals surface area contributed by atoms with Crippen molar-refractivity contribution < 1.29 is 18.6 Å². The molecule has 0 aliphatic carbocycles. The van der Waals surface area contributed by atoms with E-state index >= 15 is 0 Å². The molecule has 2 nitrogen and oxygen atoms in total. The van der Waals surface area contributed by atoms with Crippen molar-refractivity contribution in [3.8, 4) is 5.75 Å². The zero-order chi connectivity index (χ0) is 14.0. The van der Waals surface area contributed by atoms with E-state index in [4.69, 9.17) is 4.74 Å². The van der Waals surface area contributed by atoms with E-state index in [0.29, 0.717) is 11.1 Å². The summed E-state index contributed by atoms with van der Waals surface area (Å²) in [6.45, 7) is 0. The smallest absolute Gasteiger partial charge is 0.141 e. The molecule has 0 bridgehead atoms. The molecule has 0 saturated heterocycles. The van der Waals surface area contributed by atoms with Crippen LogP contribution in [0.2, 0.25) is 0 Å². The van der Waals surface area contributed by atoms with Crippen molar-refractivity contribution in [1.29, 1.82) is 0 Å². The van der Waals surface area contributed by atoms with E-state index in [1.165, 1.54) is 37.4 Å². The maximum Gasteiger partial charge on any atom is 0.141 e. The Morgan fingerprint density at radius 3 is 2.58 bits per heavy atom. The van der Waals surface area contributed by atoms with Crippen LogP contribution in [0.4, 0.5) is 8.78 Å². The quantitative estimate of drug-likeness (QED) is 0.928. The van der Waals surface area contributed by atoms with Gasteiger partial charge in [-0.15, -0.1) is 0 Å². The van der Waals surface area contributed by atoms with Gasteiger partial charge in [0.05, 0.1) is 11.6 Å². The highest BCUT2D eigenvalue weighted by Gasteiger charge is 2.18. The minimum atomic E-state index is -1.09.